The van der Waals surface area contributed by atoms with Gasteiger partial charge in [0.1, 0.15) is 0 Å². The molecule has 0 saturated heterocycles. The van der Waals surface area contributed by atoms with Crippen LogP contribution in [0.3, 0.4) is 0 Å². The predicted molar refractivity (Wildman–Crippen MR) is 63.1 cm³/mol. The van der Waals surface area contributed by atoms with Crippen LogP contribution in [0, 0.1) is 0 Å². The molecule has 0 amide bonds. The van der Waals surface area contributed by atoms with Gasteiger partial charge in [-0.2, -0.15) is 0 Å². The van der Waals surface area contributed by atoms with Crippen LogP contribution >= 0.6 is 11.3 Å². The van der Waals surface area contributed by atoms with Crippen molar-refractivity contribution < 1.29 is 5.11 Å². The van der Waals surface area contributed by atoms with Gasteiger partial charge in [-0.25, -0.2) is 4.98 Å². The van der Waals surface area contributed by atoms with Gasteiger partial charge in [0.2, 0.25) is 0 Å². The second-order valence-electron chi connectivity index (χ2n) is 3.65. The molecule has 0 aliphatic heterocycles. The second-order valence-corrected chi connectivity index (χ2v) is 4.72. The van der Waals surface area contributed by atoms with Crippen LogP contribution in [0.15, 0.2) is 24.3 Å². The maximum atomic E-state index is 8.99. The molecule has 1 heterocycles. The van der Waals surface area contributed by atoms with E-state index in [2.05, 4.69) is 4.98 Å². The van der Waals surface area contributed by atoms with E-state index < -0.39 is 0 Å². The van der Waals surface area contributed by atoms with Crippen molar-refractivity contribution in [1.29, 1.82) is 0 Å². The standard InChI is InChI=1S/C11H14N2OS/c1-7(8(12)6-14)11-13-9-4-2-3-5-10(9)15-11/h2-5,7-8,14H,6,12H2,1H3. The summed E-state index contributed by atoms with van der Waals surface area (Å²) >= 11 is 1.65. The highest BCUT2D eigenvalue weighted by molar-refractivity contribution is 7.18. The van der Waals surface area contributed by atoms with Gasteiger partial charge in [0.15, 0.2) is 0 Å². The molecule has 0 aliphatic carbocycles. The van der Waals surface area contributed by atoms with Crippen LogP contribution in [0.4, 0.5) is 0 Å². The zero-order chi connectivity index (χ0) is 10.8. The molecule has 1 aromatic heterocycles. The zero-order valence-corrected chi connectivity index (χ0v) is 9.37. The lowest BCUT2D eigenvalue weighted by Crippen LogP contribution is -2.30. The van der Waals surface area contributed by atoms with Crippen molar-refractivity contribution in [2.75, 3.05) is 6.61 Å². The van der Waals surface area contributed by atoms with E-state index in [1.807, 2.05) is 31.2 Å². The van der Waals surface area contributed by atoms with E-state index in [9.17, 15) is 0 Å². The van der Waals surface area contributed by atoms with Crippen molar-refractivity contribution in [2.24, 2.45) is 5.73 Å². The number of para-hydroxylation sites is 1. The molecule has 2 aromatic rings. The first kappa shape index (κ1) is 10.5. The summed E-state index contributed by atoms with van der Waals surface area (Å²) in [4.78, 5) is 4.51. The fourth-order valence-electron chi connectivity index (χ4n) is 1.43. The number of benzene rings is 1. The molecule has 0 radical (unpaired) electrons. The first-order chi connectivity index (χ1) is 7.22. The number of hydrogen-bond donors (Lipinski definition) is 2. The van der Waals surface area contributed by atoms with E-state index in [4.69, 9.17) is 10.8 Å². The van der Waals surface area contributed by atoms with Gasteiger partial charge in [-0.3, -0.25) is 0 Å². The minimum atomic E-state index is -0.231. The molecule has 2 atom stereocenters. The minimum Gasteiger partial charge on any atom is -0.395 e. The number of rotatable bonds is 3. The predicted octanol–water partition coefficient (Wildman–Crippen LogP) is 1.72. The van der Waals surface area contributed by atoms with E-state index in [1.54, 1.807) is 11.3 Å². The Balaban J connectivity index is 2.36. The minimum absolute atomic E-state index is 0.00289. The SMILES string of the molecule is CC(c1nc2ccccc2s1)C(N)CO. The highest BCUT2D eigenvalue weighted by Gasteiger charge is 2.17. The van der Waals surface area contributed by atoms with E-state index in [-0.39, 0.29) is 18.6 Å². The molecule has 0 spiro atoms. The Morgan fingerprint density at radius 2 is 2.20 bits per heavy atom. The van der Waals surface area contributed by atoms with Crippen molar-refractivity contribution >= 4 is 21.6 Å². The van der Waals surface area contributed by atoms with Crippen molar-refractivity contribution in [1.82, 2.24) is 4.98 Å². The number of nitrogens with zero attached hydrogens (tertiary/aromatic N) is 1. The number of nitrogens with two attached hydrogens (primary N) is 1. The maximum absolute atomic E-state index is 8.99. The Hall–Kier alpha value is -0.970. The molecule has 0 aliphatic rings. The van der Waals surface area contributed by atoms with E-state index >= 15 is 0 Å². The largest absolute Gasteiger partial charge is 0.395 e. The van der Waals surface area contributed by atoms with Gasteiger partial charge in [0.05, 0.1) is 21.8 Å². The molecule has 3 N–H and O–H groups in total. The molecule has 0 bridgehead atoms. The zero-order valence-electron chi connectivity index (χ0n) is 8.55. The van der Waals surface area contributed by atoms with Gasteiger partial charge < -0.3 is 10.8 Å². The van der Waals surface area contributed by atoms with Crippen molar-refractivity contribution in [3.05, 3.63) is 29.3 Å². The fraction of sp³-hybridized carbons (Fsp3) is 0.364. The first-order valence-electron chi connectivity index (χ1n) is 4.94. The van der Waals surface area contributed by atoms with Crippen LogP contribution in [0.5, 0.6) is 0 Å². The summed E-state index contributed by atoms with van der Waals surface area (Å²) in [5, 5.41) is 9.99. The summed E-state index contributed by atoms with van der Waals surface area (Å²) in [6.07, 6.45) is 0. The van der Waals surface area contributed by atoms with Crippen LogP contribution in [0.25, 0.3) is 10.2 Å². The topological polar surface area (TPSA) is 59.1 Å². The molecule has 1 aromatic carbocycles. The second kappa shape index (κ2) is 4.26. The number of aliphatic hydroxyl groups excluding tert-OH is 1. The van der Waals surface area contributed by atoms with Crippen LogP contribution in [0.1, 0.15) is 17.8 Å². The van der Waals surface area contributed by atoms with E-state index in [1.165, 1.54) is 4.70 Å². The van der Waals surface area contributed by atoms with Crippen LogP contribution in [-0.4, -0.2) is 22.7 Å². The third kappa shape index (κ3) is 2.02. The molecule has 0 fully saturated rings. The number of thiazole rings is 1. The van der Waals surface area contributed by atoms with E-state index in [0.717, 1.165) is 10.5 Å². The molecule has 15 heavy (non-hydrogen) atoms. The molecule has 3 nitrogen and oxygen atoms in total. The van der Waals surface area contributed by atoms with Gasteiger partial charge in [-0.05, 0) is 12.1 Å². The summed E-state index contributed by atoms with van der Waals surface area (Å²) in [7, 11) is 0. The lowest BCUT2D eigenvalue weighted by molar-refractivity contribution is 0.252. The lowest BCUT2D eigenvalue weighted by Gasteiger charge is -2.14. The molecule has 2 unspecified atom stereocenters. The molecule has 4 heteroatoms. The first-order valence-corrected chi connectivity index (χ1v) is 5.76. The highest BCUT2D eigenvalue weighted by Crippen LogP contribution is 2.28. The normalized spacial score (nSPS) is 15.4. The lowest BCUT2D eigenvalue weighted by atomic mass is 10.1. The van der Waals surface area contributed by atoms with Crippen molar-refractivity contribution in [2.45, 2.75) is 18.9 Å². The fourth-order valence-corrected chi connectivity index (χ4v) is 2.52. The average Bonchev–Trinajstić information content (AvgIpc) is 2.70. The summed E-state index contributed by atoms with van der Waals surface area (Å²) in [5.41, 5.74) is 6.80. The monoisotopic (exact) mass is 222 g/mol. The molecular weight excluding hydrogens is 208 g/mol. The Bertz CT molecular complexity index is 422. The molecule has 2 rings (SSSR count). The smallest absolute Gasteiger partial charge is 0.0983 e. The summed E-state index contributed by atoms with van der Waals surface area (Å²) < 4.78 is 1.17. The Labute approximate surface area is 92.6 Å². The Morgan fingerprint density at radius 3 is 2.87 bits per heavy atom. The van der Waals surface area contributed by atoms with Crippen molar-refractivity contribution in [3.8, 4) is 0 Å². The third-order valence-electron chi connectivity index (χ3n) is 2.55. The van der Waals surface area contributed by atoms with Crippen LogP contribution in [0.2, 0.25) is 0 Å². The molecule has 0 saturated carbocycles. The number of fused-ring (bicyclic) bond motifs is 1. The average molecular weight is 222 g/mol. The third-order valence-corrected chi connectivity index (χ3v) is 3.79. The maximum Gasteiger partial charge on any atom is 0.0983 e. The Morgan fingerprint density at radius 1 is 1.47 bits per heavy atom. The summed E-state index contributed by atoms with van der Waals surface area (Å²) in [5.74, 6) is 0.104. The van der Waals surface area contributed by atoms with Crippen LogP contribution in [-0.2, 0) is 0 Å². The van der Waals surface area contributed by atoms with Gasteiger partial charge in [0, 0.05) is 12.0 Å². The number of aliphatic hydroxyl groups is 1. The van der Waals surface area contributed by atoms with Crippen LogP contribution < -0.4 is 5.73 Å². The van der Waals surface area contributed by atoms with Gasteiger partial charge in [0.25, 0.3) is 0 Å². The highest BCUT2D eigenvalue weighted by atomic mass is 32.1. The quantitative estimate of drug-likeness (QED) is 0.831. The number of aromatic nitrogens is 1. The van der Waals surface area contributed by atoms with E-state index in [0.29, 0.717) is 0 Å². The van der Waals surface area contributed by atoms with Gasteiger partial charge in [-0.15, -0.1) is 11.3 Å². The summed E-state index contributed by atoms with van der Waals surface area (Å²) in [6, 6.07) is 7.79. The Kier molecular flexibility index (Phi) is 3.00. The molecule has 80 valence electrons. The number of hydrogen-bond acceptors (Lipinski definition) is 4. The summed E-state index contributed by atoms with van der Waals surface area (Å²) in [6.45, 7) is 2.00. The van der Waals surface area contributed by atoms with Gasteiger partial charge >= 0.3 is 0 Å². The molecular formula is C11H14N2OS. The van der Waals surface area contributed by atoms with Crippen molar-refractivity contribution in [3.63, 3.8) is 0 Å². The van der Waals surface area contributed by atoms with Gasteiger partial charge in [-0.1, -0.05) is 19.1 Å².